The van der Waals surface area contributed by atoms with Crippen LogP contribution in [0.2, 0.25) is 0 Å². The topological polar surface area (TPSA) is 53.5 Å². The summed E-state index contributed by atoms with van der Waals surface area (Å²) in [4.78, 5) is 0. The minimum absolute atomic E-state index is 0. The lowest BCUT2D eigenvalue weighted by Crippen LogP contribution is -2.25. The van der Waals surface area contributed by atoms with Gasteiger partial charge in [0, 0.05) is 0 Å². The number of rotatable bonds is 0. The van der Waals surface area contributed by atoms with Crippen LogP contribution in [0.3, 0.4) is 0 Å². The van der Waals surface area contributed by atoms with Gasteiger partial charge in [0.25, 0.3) is 0 Å². The Morgan fingerprint density at radius 3 is 2.38 bits per heavy atom. The van der Waals surface area contributed by atoms with Crippen molar-refractivity contribution in [3.8, 4) is 0 Å². The minimum Gasteiger partial charge on any atom is -0.376 e. The van der Waals surface area contributed by atoms with Gasteiger partial charge < -0.3 is 15.6 Å². The first-order valence-corrected chi connectivity index (χ1v) is 2.59. The van der Waals surface area contributed by atoms with Gasteiger partial charge in [-0.15, -0.1) is 0 Å². The number of ether oxygens (including phenoxy) is 2. The quantitative estimate of drug-likeness (QED) is 0.507. The summed E-state index contributed by atoms with van der Waals surface area (Å²) >= 11 is 0. The molecule has 0 unspecified atom stereocenters. The third kappa shape index (κ3) is 2.26. The molecule has 1 aliphatic heterocycles. The van der Waals surface area contributed by atoms with Crippen LogP contribution in [-0.2, 0) is 9.47 Å². The van der Waals surface area contributed by atoms with Crippen LogP contribution < -0.4 is 6.15 Å². The van der Waals surface area contributed by atoms with Crippen molar-refractivity contribution >= 4 is 0 Å². The summed E-state index contributed by atoms with van der Waals surface area (Å²) in [6.07, 6.45) is 0.314. The van der Waals surface area contributed by atoms with E-state index in [0.29, 0.717) is 6.10 Å². The largest absolute Gasteiger partial charge is 0.376 e. The van der Waals surface area contributed by atoms with Crippen molar-refractivity contribution in [2.45, 2.75) is 13.0 Å². The number of hydrogen-bond donors (Lipinski definition) is 1. The van der Waals surface area contributed by atoms with Crippen LogP contribution >= 0.6 is 0 Å². The SMILES string of the molecule is C[C@@H]1COCCO1.N. The minimum atomic E-state index is 0. The van der Waals surface area contributed by atoms with Gasteiger partial charge in [0.2, 0.25) is 0 Å². The maximum atomic E-state index is 5.15. The smallest absolute Gasteiger partial charge is 0.0781 e. The maximum Gasteiger partial charge on any atom is 0.0781 e. The summed E-state index contributed by atoms with van der Waals surface area (Å²) in [7, 11) is 0. The molecule has 3 N–H and O–H groups in total. The highest BCUT2D eigenvalue weighted by molar-refractivity contribution is 4.50. The average molecular weight is 119 g/mol. The van der Waals surface area contributed by atoms with Crippen LogP contribution in [0.25, 0.3) is 0 Å². The van der Waals surface area contributed by atoms with Gasteiger partial charge >= 0.3 is 0 Å². The van der Waals surface area contributed by atoms with E-state index in [0.717, 1.165) is 19.8 Å². The fourth-order valence-electron chi connectivity index (χ4n) is 0.606. The third-order valence-corrected chi connectivity index (χ3v) is 0.983. The molecule has 1 fully saturated rings. The zero-order valence-electron chi connectivity index (χ0n) is 5.22. The summed E-state index contributed by atoms with van der Waals surface area (Å²) in [6.45, 7) is 4.31. The Morgan fingerprint density at radius 2 is 2.12 bits per heavy atom. The Balaban J connectivity index is 0.000000490. The summed E-state index contributed by atoms with van der Waals surface area (Å²) in [6, 6.07) is 0. The van der Waals surface area contributed by atoms with E-state index in [-0.39, 0.29) is 6.15 Å². The molecular formula is C5H13NO2. The van der Waals surface area contributed by atoms with Crippen LogP contribution in [0.5, 0.6) is 0 Å². The van der Waals surface area contributed by atoms with Gasteiger partial charge in [-0.1, -0.05) is 0 Å². The molecule has 0 aliphatic carbocycles. The van der Waals surface area contributed by atoms with Crippen molar-refractivity contribution in [1.82, 2.24) is 6.15 Å². The third-order valence-electron chi connectivity index (χ3n) is 0.983. The van der Waals surface area contributed by atoms with Gasteiger partial charge in [-0.25, -0.2) is 0 Å². The van der Waals surface area contributed by atoms with Crippen LogP contribution in [0.15, 0.2) is 0 Å². The van der Waals surface area contributed by atoms with Crippen molar-refractivity contribution in [2.75, 3.05) is 19.8 Å². The lowest BCUT2D eigenvalue weighted by Gasteiger charge is -2.18. The van der Waals surface area contributed by atoms with Gasteiger partial charge in [0.05, 0.1) is 25.9 Å². The van der Waals surface area contributed by atoms with Crippen LogP contribution in [0.4, 0.5) is 0 Å². The van der Waals surface area contributed by atoms with Gasteiger partial charge in [0.1, 0.15) is 0 Å². The van der Waals surface area contributed by atoms with Crippen molar-refractivity contribution in [2.24, 2.45) is 0 Å². The molecule has 0 spiro atoms. The average Bonchev–Trinajstić information content (AvgIpc) is 1.69. The van der Waals surface area contributed by atoms with Crippen molar-refractivity contribution in [1.29, 1.82) is 0 Å². The molecular weight excluding hydrogens is 106 g/mol. The molecule has 0 radical (unpaired) electrons. The molecule has 50 valence electrons. The van der Waals surface area contributed by atoms with Gasteiger partial charge in [0.15, 0.2) is 0 Å². The highest BCUT2D eigenvalue weighted by Gasteiger charge is 2.06. The predicted molar refractivity (Wildman–Crippen MR) is 31.3 cm³/mol. The molecule has 1 atom stereocenters. The second kappa shape index (κ2) is 3.83. The zero-order chi connectivity index (χ0) is 5.11. The Kier molecular flexibility index (Phi) is 3.77. The molecule has 3 nitrogen and oxygen atoms in total. The van der Waals surface area contributed by atoms with Crippen LogP contribution in [0, 0.1) is 0 Å². The Bertz CT molecular complexity index is 52.4. The van der Waals surface area contributed by atoms with Crippen molar-refractivity contribution in [3.63, 3.8) is 0 Å². The second-order valence-corrected chi connectivity index (χ2v) is 1.76. The monoisotopic (exact) mass is 119 g/mol. The lowest BCUT2D eigenvalue weighted by molar-refractivity contribution is -0.0797. The Labute approximate surface area is 49.6 Å². The fourth-order valence-corrected chi connectivity index (χ4v) is 0.606. The lowest BCUT2D eigenvalue weighted by atomic mass is 10.4. The van der Waals surface area contributed by atoms with E-state index >= 15 is 0 Å². The van der Waals surface area contributed by atoms with Crippen molar-refractivity contribution < 1.29 is 9.47 Å². The van der Waals surface area contributed by atoms with Gasteiger partial charge in [-0.3, -0.25) is 0 Å². The second-order valence-electron chi connectivity index (χ2n) is 1.76. The molecule has 0 saturated carbocycles. The van der Waals surface area contributed by atoms with E-state index in [9.17, 15) is 0 Å². The summed E-state index contributed by atoms with van der Waals surface area (Å²) < 4.78 is 10.2. The maximum absolute atomic E-state index is 5.15. The predicted octanol–water partition coefficient (Wildman–Crippen LogP) is 0.584. The first-order chi connectivity index (χ1) is 3.39. The first-order valence-electron chi connectivity index (χ1n) is 2.59. The van der Waals surface area contributed by atoms with Gasteiger partial charge in [-0.2, -0.15) is 0 Å². The molecule has 1 heterocycles. The van der Waals surface area contributed by atoms with E-state index in [4.69, 9.17) is 9.47 Å². The fraction of sp³-hybridized carbons (Fsp3) is 1.00. The molecule has 0 bridgehead atoms. The summed E-state index contributed by atoms with van der Waals surface area (Å²) in [5.74, 6) is 0. The normalized spacial score (nSPS) is 28.9. The molecule has 1 aliphatic rings. The summed E-state index contributed by atoms with van der Waals surface area (Å²) in [5, 5.41) is 0. The molecule has 0 aromatic rings. The van der Waals surface area contributed by atoms with E-state index < -0.39 is 0 Å². The van der Waals surface area contributed by atoms with Crippen molar-refractivity contribution in [3.05, 3.63) is 0 Å². The van der Waals surface area contributed by atoms with E-state index in [2.05, 4.69) is 0 Å². The van der Waals surface area contributed by atoms with Crippen LogP contribution in [0.1, 0.15) is 6.92 Å². The zero-order valence-corrected chi connectivity index (χ0v) is 5.22. The highest BCUT2D eigenvalue weighted by Crippen LogP contribution is 1.96. The van der Waals surface area contributed by atoms with E-state index in [1.807, 2.05) is 6.92 Å². The highest BCUT2D eigenvalue weighted by atomic mass is 16.6. The van der Waals surface area contributed by atoms with Crippen LogP contribution in [-0.4, -0.2) is 25.9 Å². The first kappa shape index (κ1) is 7.88. The van der Waals surface area contributed by atoms with E-state index in [1.165, 1.54) is 0 Å². The number of hydrogen-bond acceptors (Lipinski definition) is 3. The Hall–Kier alpha value is -0.120. The Morgan fingerprint density at radius 1 is 1.38 bits per heavy atom. The molecule has 1 saturated heterocycles. The molecule has 1 rings (SSSR count). The standard InChI is InChI=1S/C5H10O2.H3N/c1-5-4-6-2-3-7-5;/h5H,2-4H2,1H3;1H3/t5-;/m1./s1. The van der Waals surface area contributed by atoms with E-state index in [1.54, 1.807) is 0 Å². The molecule has 8 heavy (non-hydrogen) atoms. The summed E-state index contributed by atoms with van der Waals surface area (Å²) in [5.41, 5.74) is 0. The molecule has 0 aromatic heterocycles. The molecule has 3 heteroatoms. The molecule has 0 amide bonds. The molecule has 0 aromatic carbocycles. The van der Waals surface area contributed by atoms with Gasteiger partial charge in [-0.05, 0) is 6.92 Å².